The average molecular weight is 280 g/mol. The number of rotatable bonds is 2. The van der Waals surface area contributed by atoms with Gasteiger partial charge in [-0.3, -0.25) is 9.20 Å². The quantitative estimate of drug-likeness (QED) is 0.845. The van der Waals surface area contributed by atoms with Gasteiger partial charge in [-0.1, -0.05) is 0 Å². The Kier molecular flexibility index (Phi) is 2.75. The second kappa shape index (κ2) is 4.21. The molecule has 0 radical (unpaired) electrons. The van der Waals surface area contributed by atoms with Gasteiger partial charge in [-0.2, -0.15) is 0 Å². The monoisotopic (exact) mass is 280 g/mol. The molecule has 0 aliphatic carbocycles. The van der Waals surface area contributed by atoms with Crippen LogP contribution in [-0.4, -0.2) is 39.0 Å². The van der Waals surface area contributed by atoms with Crippen LogP contribution in [0.3, 0.4) is 0 Å². The van der Waals surface area contributed by atoms with Crippen LogP contribution in [0.15, 0.2) is 11.6 Å². The number of imidazole rings is 1. The minimum absolute atomic E-state index is 0.0148. The molecule has 3 heterocycles. The Morgan fingerprint density at radius 1 is 1.58 bits per heavy atom. The molecule has 0 aromatic carbocycles. The predicted molar refractivity (Wildman–Crippen MR) is 73.4 cm³/mol. The van der Waals surface area contributed by atoms with Crippen molar-refractivity contribution in [3.05, 3.63) is 17.3 Å². The Balaban J connectivity index is 2.12. The summed E-state index contributed by atoms with van der Waals surface area (Å²) in [5, 5.41) is 14.4. The van der Waals surface area contributed by atoms with E-state index in [1.54, 1.807) is 0 Å². The summed E-state index contributed by atoms with van der Waals surface area (Å²) in [7, 11) is 0. The maximum absolute atomic E-state index is 12.0. The molecule has 3 rings (SSSR count). The molecule has 0 unspecified atom stereocenters. The topological polar surface area (TPSA) is 69.9 Å². The molecule has 2 N–H and O–H groups in total. The highest BCUT2D eigenvalue weighted by atomic mass is 32.1. The summed E-state index contributed by atoms with van der Waals surface area (Å²) in [6.45, 7) is 4.93. The van der Waals surface area contributed by atoms with E-state index in [1.807, 2.05) is 34.7 Å². The van der Waals surface area contributed by atoms with E-state index < -0.39 is 5.54 Å². The van der Waals surface area contributed by atoms with Crippen LogP contribution in [0.25, 0.3) is 4.96 Å². The molecule has 1 amide bonds. The molecule has 1 aliphatic rings. The lowest BCUT2D eigenvalue weighted by Crippen LogP contribution is -2.62. The Labute approximate surface area is 114 Å². The number of aliphatic hydroxyl groups excluding tert-OH is 1. The van der Waals surface area contributed by atoms with Crippen molar-refractivity contribution in [2.75, 3.05) is 18.0 Å². The van der Waals surface area contributed by atoms with Gasteiger partial charge in [-0.05, 0) is 13.8 Å². The van der Waals surface area contributed by atoms with Crippen LogP contribution in [0, 0.1) is 0 Å². The number of carbonyl (C=O) groups is 1. The first kappa shape index (κ1) is 12.4. The van der Waals surface area contributed by atoms with Gasteiger partial charge in [-0.25, -0.2) is 4.98 Å². The zero-order valence-corrected chi connectivity index (χ0v) is 11.7. The maximum atomic E-state index is 12.0. The van der Waals surface area contributed by atoms with Crippen molar-refractivity contribution in [2.45, 2.75) is 26.0 Å². The molecule has 0 bridgehead atoms. The van der Waals surface area contributed by atoms with E-state index in [2.05, 4.69) is 10.3 Å². The van der Waals surface area contributed by atoms with Crippen molar-refractivity contribution in [3.63, 3.8) is 0 Å². The van der Waals surface area contributed by atoms with E-state index in [-0.39, 0.29) is 12.5 Å². The number of hydrogen-bond donors (Lipinski definition) is 2. The normalized spacial score (nSPS) is 18.9. The molecule has 102 valence electrons. The van der Waals surface area contributed by atoms with Crippen LogP contribution in [0.5, 0.6) is 0 Å². The maximum Gasteiger partial charge on any atom is 0.245 e. The molecule has 6 nitrogen and oxygen atoms in total. The number of piperazine rings is 1. The van der Waals surface area contributed by atoms with Gasteiger partial charge in [0.25, 0.3) is 0 Å². The molecule has 1 fully saturated rings. The minimum Gasteiger partial charge on any atom is -0.390 e. The standard InChI is InChI=1S/C12H16N4O2S/c1-12(2)10(18)13-3-4-16(12)9-8(7-17)15-5-6-19-11(15)14-9/h5-6,17H,3-4,7H2,1-2H3,(H,13,18). The van der Waals surface area contributed by atoms with Gasteiger partial charge < -0.3 is 15.3 Å². The number of fused-ring (bicyclic) bond motifs is 1. The first-order valence-corrected chi connectivity index (χ1v) is 7.05. The second-order valence-electron chi connectivity index (χ2n) is 5.06. The first-order chi connectivity index (χ1) is 9.05. The van der Waals surface area contributed by atoms with Gasteiger partial charge in [0.15, 0.2) is 10.8 Å². The van der Waals surface area contributed by atoms with Crippen LogP contribution in [0.2, 0.25) is 0 Å². The molecule has 2 aromatic heterocycles. The highest BCUT2D eigenvalue weighted by molar-refractivity contribution is 7.15. The van der Waals surface area contributed by atoms with Crippen molar-refractivity contribution < 1.29 is 9.90 Å². The van der Waals surface area contributed by atoms with Crippen molar-refractivity contribution >= 4 is 28.0 Å². The van der Waals surface area contributed by atoms with Crippen molar-refractivity contribution in [1.82, 2.24) is 14.7 Å². The van der Waals surface area contributed by atoms with E-state index in [0.717, 1.165) is 10.7 Å². The number of amides is 1. The summed E-state index contributed by atoms with van der Waals surface area (Å²) in [6.07, 6.45) is 1.89. The molecule has 0 atom stereocenters. The van der Waals surface area contributed by atoms with Gasteiger partial charge in [0.1, 0.15) is 5.54 Å². The number of hydrogen-bond acceptors (Lipinski definition) is 5. The van der Waals surface area contributed by atoms with E-state index >= 15 is 0 Å². The number of nitrogens with one attached hydrogen (secondary N) is 1. The lowest BCUT2D eigenvalue weighted by molar-refractivity contribution is -0.126. The number of aromatic nitrogens is 2. The van der Waals surface area contributed by atoms with E-state index in [0.29, 0.717) is 18.9 Å². The van der Waals surface area contributed by atoms with Gasteiger partial charge >= 0.3 is 0 Å². The Bertz CT molecular complexity index is 631. The third-order valence-electron chi connectivity index (χ3n) is 3.60. The van der Waals surface area contributed by atoms with E-state index in [4.69, 9.17) is 0 Å². The average Bonchev–Trinajstić information content (AvgIpc) is 2.92. The Morgan fingerprint density at radius 3 is 3.11 bits per heavy atom. The van der Waals surface area contributed by atoms with Crippen molar-refractivity contribution in [3.8, 4) is 0 Å². The summed E-state index contributed by atoms with van der Waals surface area (Å²) in [6, 6.07) is 0. The lowest BCUT2D eigenvalue weighted by atomic mass is 9.99. The van der Waals surface area contributed by atoms with Gasteiger partial charge in [0, 0.05) is 24.7 Å². The molecule has 7 heteroatoms. The SMILES string of the molecule is CC1(C)C(=O)NCCN1c1nc2sccn2c1CO. The van der Waals surface area contributed by atoms with Crippen LogP contribution in [0.1, 0.15) is 19.5 Å². The van der Waals surface area contributed by atoms with Gasteiger partial charge in [-0.15, -0.1) is 11.3 Å². The molecule has 1 saturated heterocycles. The van der Waals surface area contributed by atoms with Gasteiger partial charge in [0.2, 0.25) is 5.91 Å². The third-order valence-corrected chi connectivity index (χ3v) is 4.35. The van der Waals surface area contributed by atoms with Crippen LogP contribution in [-0.2, 0) is 11.4 Å². The predicted octanol–water partition coefficient (Wildman–Crippen LogP) is 0.603. The number of aliphatic hydroxyl groups is 1. The van der Waals surface area contributed by atoms with E-state index in [1.165, 1.54) is 11.3 Å². The fourth-order valence-electron chi connectivity index (χ4n) is 2.45. The lowest BCUT2D eigenvalue weighted by Gasteiger charge is -2.41. The van der Waals surface area contributed by atoms with Gasteiger partial charge in [0.05, 0.1) is 12.3 Å². The van der Waals surface area contributed by atoms with Crippen molar-refractivity contribution in [2.24, 2.45) is 0 Å². The summed E-state index contributed by atoms with van der Waals surface area (Å²) >= 11 is 1.52. The van der Waals surface area contributed by atoms with Crippen LogP contribution in [0.4, 0.5) is 5.82 Å². The van der Waals surface area contributed by atoms with Crippen LogP contribution >= 0.6 is 11.3 Å². The highest BCUT2D eigenvalue weighted by Gasteiger charge is 2.40. The number of carbonyl (C=O) groups excluding carboxylic acids is 1. The zero-order chi connectivity index (χ0) is 13.6. The molecular formula is C12H16N4O2S. The fraction of sp³-hybridized carbons (Fsp3) is 0.500. The third kappa shape index (κ3) is 1.73. The summed E-state index contributed by atoms with van der Waals surface area (Å²) in [5.41, 5.74) is 0.0747. The van der Waals surface area contributed by atoms with Crippen LogP contribution < -0.4 is 10.2 Å². The highest BCUT2D eigenvalue weighted by Crippen LogP contribution is 2.30. The summed E-state index contributed by atoms with van der Waals surface area (Å²) in [4.78, 5) is 19.4. The molecule has 1 aliphatic heterocycles. The second-order valence-corrected chi connectivity index (χ2v) is 5.94. The molecule has 0 spiro atoms. The smallest absolute Gasteiger partial charge is 0.245 e. The largest absolute Gasteiger partial charge is 0.390 e. The van der Waals surface area contributed by atoms with Crippen molar-refractivity contribution in [1.29, 1.82) is 0 Å². The molecule has 19 heavy (non-hydrogen) atoms. The first-order valence-electron chi connectivity index (χ1n) is 6.17. The molecular weight excluding hydrogens is 264 g/mol. The Morgan fingerprint density at radius 2 is 2.37 bits per heavy atom. The molecule has 2 aromatic rings. The summed E-state index contributed by atoms with van der Waals surface area (Å²) < 4.78 is 1.88. The zero-order valence-electron chi connectivity index (χ0n) is 10.9. The number of thiazole rings is 1. The minimum atomic E-state index is -0.661. The summed E-state index contributed by atoms with van der Waals surface area (Å²) in [5.74, 6) is 0.688. The number of nitrogens with zero attached hydrogens (tertiary/aromatic N) is 3. The Hall–Kier alpha value is -1.60. The van der Waals surface area contributed by atoms with E-state index in [9.17, 15) is 9.90 Å². The fourth-order valence-corrected chi connectivity index (χ4v) is 3.18. The number of anilines is 1. The molecule has 0 saturated carbocycles.